The summed E-state index contributed by atoms with van der Waals surface area (Å²) in [5.41, 5.74) is 3.80. The smallest absolute Gasteiger partial charge is 0.229 e. The molecule has 5 nitrogen and oxygen atoms in total. The molecule has 0 aliphatic heterocycles. The highest BCUT2D eigenvalue weighted by molar-refractivity contribution is 7.15. The molecule has 0 unspecified atom stereocenters. The molecule has 0 fully saturated rings. The van der Waals surface area contributed by atoms with Gasteiger partial charge in [0.1, 0.15) is 10.8 Å². The molecule has 2 aromatic carbocycles. The molecule has 27 heavy (non-hydrogen) atoms. The number of carbonyl (C=O) groups is 1. The fourth-order valence-electron chi connectivity index (χ4n) is 2.64. The van der Waals surface area contributed by atoms with Crippen LogP contribution in [0.5, 0.6) is 5.75 Å². The first kappa shape index (κ1) is 18.9. The van der Waals surface area contributed by atoms with Crippen LogP contribution < -0.4 is 15.0 Å². The Morgan fingerprint density at radius 1 is 1.11 bits per heavy atom. The highest BCUT2D eigenvalue weighted by Crippen LogP contribution is 2.29. The molecule has 0 atom stereocenters. The van der Waals surface area contributed by atoms with Crippen LogP contribution in [0.3, 0.4) is 0 Å². The van der Waals surface area contributed by atoms with Gasteiger partial charge in [-0.25, -0.2) is 4.98 Å². The lowest BCUT2D eigenvalue weighted by Gasteiger charge is -2.13. The lowest BCUT2D eigenvalue weighted by atomic mass is 10.2. The minimum absolute atomic E-state index is 0.0411. The first-order valence-electron chi connectivity index (χ1n) is 8.64. The first-order valence-corrected chi connectivity index (χ1v) is 9.46. The molecule has 1 N–H and O–H groups in total. The maximum absolute atomic E-state index is 12.4. The lowest BCUT2D eigenvalue weighted by molar-refractivity contribution is -0.115. The topological polar surface area (TPSA) is 54.5 Å². The van der Waals surface area contributed by atoms with E-state index in [1.165, 1.54) is 0 Å². The molecule has 1 amide bonds. The number of hydrogen-bond donors (Lipinski definition) is 1. The largest absolute Gasteiger partial charge is 0.497 e. The van der Waals surface area contributed by atoms with E-state index in [-0.39, 0.29) is 5.91 Å². The van der Waals surface area contributed by atoms with Gasteiger partial charge in [0, 0.05) is 35.9 Å². The van der Waals surface area contributed by atoms with E-state index in [1.54, 1.807) is 18.4 Å². The average molecular weight is 382 g/mol. The second kappa shape index (κ2) is 8.22. The SMILES string of the molecule is COc1ccc(-c2nc(C)c(CC(=O)Nc3ccc(N(C)C)cc3)s2)cc1. The van der Waals surface area contributed by atoms with Gasteiger partial charge < -0.3 is 15.0 Å². The molecule has 0 radical (unpaired) electrons. The van der Waals surface area contributed by atoms with Crippen molar-refractivity contribution in [2.75, 3.05) is 31.4 Å². The van der Waals surface area contributed by atoms with E-state index in [0.29, 0.717) is 6.42 Å². The normalized spacial score (nSPS) is 10.5. The molecule has 0 aliphatic rings. The first-order chi connectivity index (χ1) is 13.0. The Bertz CT molecular complexity index is 916. The summed E-state index contributed by atoms with van der Waals surface area (Å²) < 4.78 is 5.19. The zero-order valence-corrected chi connectivity index (χ0v) is 16.8. The van der Waals surface area contributed by atoms with Crippen LogP contribution in [0.15, 0.2) is 48.5 Å². The molecular weight excluding hydrogens is 358 g/mol. The van der Waals surface area contributed by atoms with Crippen LogP contribution in [0, 0.1) is 6.92 Å². The zero-order valence-electron chi connectivity index (χ0n) is 15.9. The molecule has 6 heteroatoms. The van der Waals surface area contributed by atoms with Gasteiger partial charge in [0.05, 0.1) is 19.2 Å². The van der Waals surface area contributed by atoms with Gasteiger partial charge in [-0.3, -0.25) is 4.79 Å². The molecule has 0 aliphatic carbocycles. The molecule has 3 aromatic rings. The number of thiazole rings is 1. The highest BCUT2D eigenvalue weighted by atomic mass is 32.1. The number of hydrogen-bond acceptors (Lipinski definition) is 5. The van der Waals surface area contributed by atoms with Gasteiger partial charge in [-0.1, -0.05) is 0 Å². The molecule has 0 saturated heterocycles. The molecule has 0 saturated carbocycles. The van der Waals surface area contributed by atoms with E-state index in [9.17, 15) is 4.79 Å². The Kier molecular flexibility index (Phi) is 5.76. The summed E-state index contributed by atoms with van der Waals surface area (Å²) in [6.07, 6.45) is 0.315. The van der Waals surface area contributed by atoms with Gasteiger partial charge in [0.15, 0.2) is 0 Å². The van der Waals surface area contributed by atoms with E-state index in [2.05, 4.69) is 10.3 Å². The van der Waals surface area contributed by atoms with Crippen molar-refractivity contribution < 1.29 is 9.53 Å². The van der Waals surface area contributed by atoms with Gasteiger partial charge in [0.25, 0.3) is 0 Å². The summed E-state index contributed by atoms with van der Waals surface area (Å²) in [5, 5.41) is 3.86. The third-order valence-corrected chi connectivity index (χ3v) is 5.42. The van der Waals surface area contributed by atoms with Crippen LogP contribution in [0.2, 0.25) is 0 Å². The van der Waals surface area contributed by atoms with Gasteiger partial charge in [-0.15, -0.1) is 11.3 Å². The predicted molar refractivity (Wildman–Crippen MR) is 112 cm³/mol. The Labute approximate surface area is 163 Å². The Morgan fingerprint density at radius 3 is 2.37 bits per heavy atom. The fraction of sp³-hybridized carbons (Fsp3) is 0.238. The van der Waals surface area contributed by atoms with Crippen LogP contribution in [-0.4, -0.2) is 32.1 Å². The minimum Gasteiger partial charge on any atom is -0.497 e. The number of nitrogens with zero attached hydrogens (tertiary/aromatic N) is 2. The number of benzene rings is 2. The van der Waals surface area contributed by atoms with Crippen molar-refractivity contribution in [2.45, 2.75) is 13.3 Å². The van der Waals surface area contributed by atoms with Crippen molar-refractivity contribution >= 4 is 28.6 Å². The number of aromatic nitrogens is 1. The summed E-state index contributed by atoms with van der Waals surface area (Å²) in [6, 6.07) is 15.6. The molecular formula is C21H23N3O2S. The molecule has 1 aromatic heterocycles. The van der Waals surface area contributed by atoms with Crippen LogP contribution in [0.25, 0.3) is 10.6 Å². The summed E-state index contributed by atoms with van der Waals surface area (Å²) in [6.45, 7) is 1.94. The maximum atomic E-state index is 12.4. The van der Waals surface area contributed by atoms with Crippen molar-refractivity contribution in [3.63, 3.8) is 0 Å². The number of rotatable bonds is 6. The number of carbonyl (C=O) groups excluding carboxylic acids is 1. The predicted octanol–water partition coefficient (Wildman–Crippen LogP) is 4.37. The third kappa shape index (κ3) is 4.65. The lowest BCUT2D eigenvalue weighted by Crippen LogP contribution is -2.14. The summed E-state index contributed by atoms with van der Waals surface area (Å²) in [7, 11) is 5.62. The van der Waals surface area contributed by atoms with Gasteiger partial charge >= 0.3 is 0 Å². The van der Waals surface area contributed by atoms with E-state index < -0.39 is 0 Å². The molecule has 0 bridgehead atoms. The number of methoxy groups -OCH3 is 1. The third-order valence-electron chi connectivity index (χ3n) is 4.22. The molecule has 0 spiro atoms. The van der Waals surface area contributed by atoms with Crippen molar-refractivity contribution in [2.24, 2.45) is 0 Å². The van der Waals surface area contributed by atoms with Crippen molar-refractivity contribution in [3.8, 4) is 16.3 Å². The van der Waals surface area contributed by atoms with Crippen LogP contribution in [-0.2, 0) is 11.2 Å². The van der Waals surface area contributed by atoms with Gasteiger partial charge in [-0.2, -0.15) is 0 Å². The maximum Gasteiger partial charge on any atom is 0.229 e. The monoisotopic (exact) mass is 381 g/mol. The molecule has 1 heterocycles. The average Bonchev–Trinajstić information content (AvgIpc) is 3.02. The van der Waals surface area contributed by atoms with Gasteiger partial charge in [-0.05, 0) is 55.5 Å². The van der Waals surface area contributed by atoms with Crippen molar-refractivity contribution in [1.82, 2.24) is 4.98 Å². The van der Waals surface area contributed by atoms with E-state index in [1.807, 2.05) is 74.4 Å². The van der Waals surface area contributed by atoms with E-state index in [0.717, 1.165) is 38.3 Å². The Morgan fingerprint density at radius 2 is 1.78 bits per heavy atom. The highest BCUT2D eigenvalue weighted by Gasteiger charge is 2.13. The van der Waals surface area contributed by atoms with Crippen LogP contribution in [0.1, 0.15) is 10.6 Å². The number of anilines is 2. The summed E-state index contributed by atoms with van der Waals surface area (Å²) >= 11 is 1.55. The Hall–Kier alpha value is -2.86. The quantitative estimate of drug-likeness (QED) is 0.689. The zero-order chi connectivity index (χ0) is 19.4. The minimum atomic E-state index is -0.0411. The van der Waals surface area contributed by atoms with Crippen LogP contribution >= 0.6 is 11.3 Å². The number of amides is 1. The van der Waals surface area contributed by atoms with Crippen molar-refractivity contribution in [3.05, 3.63) is 59.1 Å². The van der Waals surface area contributed by atoms with E-state index >= 15 is 0 Å². The second-order valence-corrected chi connectivity index (χ2v) is 7.51. The number of aryl methyl sites for hydroxylation is 1. The summed E-state index contributed by atoms with van der Waals surface area (Å²) in [4.78, 5) is 20.0. The standard InChI is InChI=1S/C21H23N3O2S/c1-14-19(27-21(22-14)15-5-11-18(26-4)12-6-15)13-20(25)23-16-7-9-17(10-8-16)24(2)3/h5-12H,13H2,1-4H3,(H,23,25). The van der Waals surface area contributed by atoms with Crippen LogP contribution in [0.4, 0.5) is 11.4 Å². The Balaban J connectivity index is 1.68. The summed E-state index contributed by atoms with van der Waals surface area (Å²) in [5.74, 6) is 0.771. The number of nitrogens with one attached hydrogen (secondary N) is 1. The second-order valence-electron chi connectivity index (χ2n) is 6.42. The molecule has 140 valence electrons. The number of ether oxygens (including phenoxy) is 1. The van der Waals surface area contributed by atoms with Gasteiger partial charge in [0.2, 0.25) is 5.91 Å². The van der Waals surface area contributed by atoms with E-state index in [4.69, 9.17) is 4.74 Å². The fourth-order valence-corrected chi connectivity index (χ4v) is 3.71. The van der Waals surface area contributed by atoms with Crippen molar-refractivity contribution in [1.29, 1.82) is 0 Å². The molecule has 3 rings (SSSR count).